The largest absolute Gasteiger partial charge is 0.573 e. The number of nitrogens with zero attached hydrogens (tertiary/aromatic N) is 4. The topological polar surface area (TPSA) is 109 Å². The number of hydrogen-bond donors (Lipinski definition) is 1. The molecule has 0 radical (unpaired) electrons. The fourth-order valence-electron chi connectivity index (χ4n) is 4.40. The number of anilines is 1. The highest BCUT2D eigenvalue weighted by Gasteiger charge is 2.44. The molecule has 2 aliphatic heterocycles. The van der Waals surface area contributed by atoms with Crippen molar-refractivity contribution >= 4 is 40.8 Å². The van der Waals surface area contributed by atoms with Crippen LogP contribution in [0.3, 0.4) is 0 Å². The summed E-state index contributed by atoms with van der Waals surface area (Å²) in [7, 11) is 0. The van der Waals surface area contributed by atoms with Crippen molar-refractivity contribution in [3.8, 4) is 16.3 Å². The van der Waals surface area contributed by atoms with Gasteiger partial charge in [-0.15, -0.1) is 24.5 Å². The zero-order chi connectivity index (χ0) is 22.6. The van der Waals surface area contributed by atoms with Gasteiger partial charge in [-0.05, 0) is 18.9 Å². The van der Waals surface area contributed by atoms with Crippen molar-refractivity contribution in [1.29, 1.82) is 0 Å². The smallest absolute Gasteiger partial charge is 0.465 e. The van der Waals surface area contributed by atoms with Crippen molar-refractivity contribution in [2.75, 3.05) is 18.0 Å². The van der Waals surface area contributed by atoms with Crippen LogP contribution in [-0.2, 0) is 0 Å². The monoisotopic (exact) mass is 468 g/mol. The molecule has 32 heavy (non-hydrogen) atoms. The predicted molar refractivity (Wildman–Crippen MR) is 106 cm³/mol. The van der Waals surface area contributed by atoms with Gasteiger partial charge in [-0.25, -0.2) is 9.78 Å². The van der Waals surface area contributed by atoms with Crippen molar-refractivity contribution in [3.63, 3.8) is 0 Å². The number of piperazine rings is 1. The Hall–Kier alpha value is -3.35. The Balaban J connectivity index is 1.63. The van der Waals surface area contributed by atoms with Crippen LogP contribution in [0.25, 0.3) is 21.7 Å². The van der Waals surface area contributed by atoms with E-state index in [4.69, 9.17) is 4.42 Å². The second-order valence-electron chi connectivity index (χ2n) is 7.50. The first-order chi connectivity index (χ1) is 15.2. The minimum Gasteiger partial charge on any atom is -0.465 e. The van der Waals surface area contributed by atoms with Crippen molar-refractivity contribution in [2.24, 2.45) is 0 Å². The fraction of sp³-hybridized carbons (Fsp3) is 0.368. The van der Waals surface area contributed by atoms with Gasteiger partial charge in [-0.3, -0.25) is 9.69 Å². The number of hydrogen-bond acceptors (Lipinski definition) is 8. The zero-order valence-corrected chi connectivity index (χ0v) is 17.0. The van der Waals surface area contributed by atoms with E-state index >= 15 is 0 Å². The lowest BCUT2D eigenvalue weighted by molar-refractivity contribution is -0.274. The molecule has 0 spiro atoms. The lowest BCUT2D eigenvalue weighted by Gasteiger charge is -2.38. The van der Waals surface area contributed by atoms with E-state index in [1.807, 2.05) is 0 Å². The Morgan fingerprint density at radius 1 is 1.31 bits per heavy atom. The van der Waals surface area contributed by atoms with Crippen molar-refractivity contribution in [1.82, 2.24) is 14.9 Å². The lowest BCUT2D eigenvalue weighted by atomic mass is 10.1. The van der Waals surface area contributed by atoms with E-state index in [-0.39, 0.29) is 54.1 Å². The summed E-state index contributed by atoms with van der Waals surface area (Å²) in [5, 5.41) is 11.6. The first kappa shape index (κ1) is 20.5. The molecule has 0 saturated carbocycles. The van der Waals surface area contributed by atoms with Gasteiger partial charge in [-0.2, -0.15) is 4.98 Å². The van der Waals surface area contributed by atoms with Crippen LogP contribution in [-0.4, -0.2) is 63.9 Å². The summed E-state index contributed by atoms with van der Waals surface area (Å²) >= 11 is 1.22. The summed E-state index contributed by atoms with van der Waals surface area (Å²) in [6.45, 7) is 0.580. The molecule has 5 rings (SSSR count). The number of alkyl halides is 3. The Labute approximate surface area is 182 Å². The van der Waals surface area contributed by atoms with Crippen molar-refractivity contribution in [3.05, 3.63) is 23.2 Å². The van der Waals surface area contributed by atoms with E-state index < -0.39 is 18.2 Å². The number of aldehydes is 1. The van der Waals surface area contributed by atoms with Gasteiger partial charge in [0.1, 0.15) is 5.01 Å². The minimum absolute atomic E-state index is 0.00723. The van der Waals surface area contributed by atoms with Crippen LogP contribution in [0.5, 0.6) is 5.75 Å². The van der Waals surface area contributed by atoms with E-state index in [0.29, 0.717) is 23.4 Å². The van der Waals surface area contributed by atoms with Crippen molar-refractivity contribution < 1.29 is 37.0 Å². The Morgan fingerprint density at radius 3 is 2.59 bits per heavy atom. The summed E-state index contributed by atoms with van der Waals surface area (Å²) in [5.41, 5.74) is -0.263. The molecular formula is C19H15F3N4O5S. The van der Waals surface area contributed by atoms with Crippen LogP contribution < -0.4 is 9.64 Å². The van der Waals surface area contributed by atoms with Gasteiger partial charge in [-0.1, -0.05) is 0 Å². The maximum atomic E-state index is 13.1. The zero-order valence-electron chi connectivity index (χ0n) is 16.2. The molecule has 9 nitrogen and oxygen atoms in total. The van der Waals surface area contributed by atoms with Gasteiger partial charge >= 0.3 is 12.5 Å². The van der Waals surface area contributed by atoms with Crippen LogP contribution in [0.1, 0.15) is 23.2 Å². The number of fused-ring (bicyclic) bond motifs is 3. The molecule has 2 aromatic heterocycles. The van der Waals surface area contributed by atoms with E-state index in [0.717, 1.165) is 0 Å². The van der Waals surface area contributed by atoms with Crippen molar-refractivity contribution in [2.45, 2.75) is 31.3 Å². The van der Waals surface area contributed by atoms with Gasteiger partial charge in [0.25, 0.3) is 6.01 Å². The van der Waals surface area contributed by atoms with Crippen LogP contribution in [0.15, 0.2) is 22.1 Å². The summed E-state index contributed by atoms with van der Waals surface area (Å²) in [5.74, 6) is -0.745. The molecule has 3 aromatic rings. The third-order valence-corrected chi connectivity index (χ3v) is 6.43. The fourth-order valence-corrected chi connectivity index (χ4v) is 5.05. The molecule has 0 aliphatic carbocycles. The molecule has 4 heterocycles. The standard InChI is InChI=1S/C19H15F3N4O5S/c20-19(21,22)31-14-9(8-27)5-12(16-23-3-4-32-16)15-13(14)24-17(30-15)25-6-10-1-2-11(7-25)26(10)18(28)29/h3-5,8,10-11H,1-2,6-7H2,(H,28,29). The second kappa shape index (κ2) is 7.36. The first-order valence-corrected chi connectivity index (χ1v) is 10.5. The van der Waals surface area contributed by atoms with E-state index in [1.54, 1.807) is 10.3 Å². The Morgan fingerprint density at radius 2 is 2.03 bits per heavy atom. The molecule has 2 atom stereocenters. The van der Waals surface area contributed by atoms with Gasteiger partial charge in [0.05, 0.1) is 23.2 Å². The number of aromatic nitrogens is 2. The number of oxazole rings is 1. The third kappa shape index (κ3) is 3.42. The van der Waals surface area contributed by atoms with Gasteiger partial charge in [0, 0.05) is 24.7 Å². The lowest BCUT2D eigenvalue weighted by Crippen LogP contribution is -2.55. The average Bonchev–Trinajstić information content (AvgIpc) is 3.45. The van der Waals surface area contributed by atoms with E-state index in [2.05, 4.69) is 14.7 Å². The number of ether oxygens (including phenoxy) is 1. The van der Waals surface area contributed by atoms with E-state index in [1.165, 1.54) is 28.5 Å². The first-order valence-electron chi connectivity index (χ1n) is 9.59. The van der Waals surface area contributed by atoms with Crippen LogP contribution in [0, 0.1) is 0 Å². The highest BCUT2D eigenvalue weighted by atomic mass is 32.1. The molecule has 2 bridgehead atoms. The molecule has 2 aliphatic rings. The van der Waals surface area contributed by atoms with Crippen LogP contribution >= 0.6 is 11.3 Å². The molecule has 1 N–H and O–H groups in total. The second-order valence-corrected chi connectivity index (χ2v) is 8.39. The maximum absolute atomic E-state index is 13.1. The molecule has 2 fully saturated rings. The summed E-state index contributed by atoms with van der Waals surface area (Å²) in [4.78, 5) is 34.7. The number of halogens is 3. The molecule has 1 amide bonds. The molecule has 13 heteroatoms. The maximum Gasteiger partial charge on any atom is 0.573 e. The number of benzene rings is 1. The van der Waals surface area contributed by atoms with Gasteiger partial charge in [0.15, 0.2) is 23.1 Å². The summed E-state index contributed by atoms with van der Waals surface area (Å²) in [6, 6.07) is 0.734. The number of amides is 1. The van der Waals surface area contributed by atoms with Crippen LogP contribution in [0.2, 0.25) is 0 Å². The molecular weight excluding hydrogens is 453 g/mol. The Bertz CT molecular complexity index is 1180. The number of carbonyl (C=O) groups is 2. The number of thiazole rings is 1. The van der Waals surface area contributed by atoms with E-state index in [9.17, 15) is 27.9 Å². The molecule has 1 aromatic carbocycles. The number of carbonyl (C=O) groups excluding carboxylic acids is 1. The average molecular weight is 468 g/mol. The van der Waals surface area contributed by atoms with Gasteiger partial charge in [0.2, 0.25) is 0 Å². The molecule has 168 valence electrons. The van der Waals surface area contributed by atoms with Gasteiger partial charge < -0.3 is 19.2 Å². The van der Waals surface area contributed by atoms with Crippen LogP contribution in [0.4, 0.5) is 24.0 Å². The SMILES string of the molecule is O=Cc1cc(-c2nccs2)c2oc(N3CC4CCC(C3)N4C(=O)O)nc2c1OC(F)(F)F. The number of carboxylic acid groups (broad SMARTS) is 1. The molecule has 2 saturated heterocycles. The minimum atomic E-state index is -5.04. The summed E-state index contributed by atoms with van der Waals surface area (Å²) in [6.07, 6.45) is -2.91. The molecule has 2 unspecified atom stereocenters. The Kier molecular flexibility index (Phi) is 4.73. The third-order valence-electron chi connectivity index (χ3n) is 5.62. The quantitative estimate of drug-likeness (QED) is 0.573. The predicted octanol–water partition coefficient (Wildman–Crippen LogP) is 3.99. The summed E-state index contributed by atoms with van der Waals surface area (Å²) < 4.78 is 49.2. The normalized spacial score (nSPS) is 20.7. The number of rotatable bonds is 4. The highest BCUT2D eigenvalue weighted by molar-refractivity contribution is 7.13. The highest BCUT2D eigenvalue weighted by Crippen LogP contribution is 2.42.